The van der Waals surface area contributed by atoms with E-state index in [1.165, 1.54) is 0 Å². The Morgan fingerprint density at radius 3 is 1.68 bits per heavy atom. The Kier molecular flexibility index (Phi) is 4.76. The lowest BCUT2D eigenvalue weighted by Crippen LogP contribution is -2.02. The number of nitrogens with zero attached hydrogens (tertiary/aromatic N) is 2. The fourth-order valence-corrected chi connectivity index (χ4v) is 2.26. The first-order valence-electron chi connectivity index (χ1n) is 7.67. The van der Waals surface area contributed by atoms with Gasteiger partial charge in [-0.05, 0) is 66.2 Å². The first-order valence-corrected chi connectivity index (χ1v) is 7.67. The maximum atomic E-state index is 9.48. The monoisotopic (exact) mass is 331 g/mol. The van der Waals surface area contributed by atoms with Crippen molar-refractivity contribution in [2.24, 2.45) is 10.2 Å². The third-order valence-corrected chi connectivity index (χ3v) is 3.58. The third kappa shape index (κ3) is 4.23. The molecule has 3 aromatic rings. The van der Waals surface area contributed by atoms with Gasteiger partial charge in [0.05, 0.1) is 6.21 Å². The van der Waals surface area contributed by atoms with Crippen molar-refractivity contribution in [1.82, 2.24) is 0 Å². The van der Waals surface area contributed by atoms with E-state index in [0.29, 0.717) is 11.4 Å². The Labute approximate surface area is 145 Å². The topological polar surface area (TPSA) is 91.2 Å². The molecule has 3 aromatic carbocycles. The van der Waals surface area contributed by atoms with E-state index in [9.17, 15) is 10.2 Å². The molecule has 0 saturated heterocycles. The number of benzene rings is 3. The molecule has 0 aromatic heterocycles. The summed E-state index contributed by atoms with van der Waals surface area (Å²) in [5, 5.41) is 27.5. The molecule has 0 radical (unpaired) electrons. The van der Waals surface area contributed by atoms with E-state index in [-0.39, 0.29) is 11.5 Å². The molecule has 0 aliphatic rings. The number of nitrogens with two attached hydrogens (primary N) is 1. The minimum atomic E-state index is 0.180. The van der Waals surface area contributed by atoms with E-state index in [1.807, 2.05) is 12.1 Å². The second kappa shape index (κ2) is 7.31. The van der Waals surface area contributed by atoms with Gasteiger partial charge in [-0.15, -0.1) is 5.10 Å². The van der Waals surface area contributed by atoms with E-state index in [1.54, 1.807) is 66.9 Å². The fraction of sp³-hybridized carbons (Fsp3) is 0. The molecule has 0 unspecified atom stereocenters. The summed E-state index contributed by atoms with van der Waals surface area (Å²) in [6, 6.07) is 20.7. The molecule has 25 heavy (non-hydrogen) atoms. The molecule has 0 saturated carbocycles. The van der Waals surface area contributed by atoms with Gasteiger partial charge in [0, 0.05) is 16.8 Å². The molecule has 4 N–H and O–H groups in total. The molecule has 0 amide bonds. The molecule has 0 aliphatic heterocycles. The van der Waals surface area contributed by atoms with Gasteiger partial charge in [0.2, 0.25) is 0 Å². The highest BCUT2D eigenvalue weighted by Crippen LogP contribution is 2.17. The van der Waals surface area contributed by atoms with Crippen LogP contribution in [-0.2, 0) is 0 Å². The molecule has 0 fully saturated rings. The summed E-state index contributed by atoms with van der Waals surface area (Å²) in [4.78, 5) is 0. The summed E-state index contributed by atoms with van der Waals surface area (Å²) < 4.78 is 0. The van der Waals surface area contributed by atoms with E-state index in [4.69, 9.17) is 5.73 Å². The molecule has 0 atom stereocenters. The Bertz CT molecular complexity index is 850. The summed E-state index contributed by atoms with van der Waals surface area (Å²) in [6.45, 7) is 0. The van der Waals surface area contributed by atoms with Gasteiger partial charge in [-0.25, -0.2) is 0 Å². The standard InChI is InChI=1S/C20H17N3O2/c21-17-7-1-14(2-8-17)13-22-23-20(15-3-9-18(24)10-4-15)16-5-11-19(25)12-6-16/h1-13,24-25H,21H2/b22-13+. The second-order valence-corrected chi connectivity index (χ2v) is 5.45. The van der Waals surface area contributed by atoms with Crippen molar-refractivity contribution in [3.63, 3.8) is 0 Å². The normalized spacial score (nSPS) is 10.7. The molecule has 0 spiro atoms. The zero-order chi connectivity index (χ0) is 17.6. The molecule has 5 heteroatoms. The summed E-state index contributed by atoms with van der Waals surface area (Å²) in [5.41, 5.74) is 9.48. The number of anilines is 1. The van der Waals surface area contributed by atoms with Crippen LogP contribution >= 0.6 is 0 Å². The van der Waals surface area contributed by atoms with Gasteiger partial charge in [-0.1, -0.05) is 12.1 Å². The lowest BCUT2D eigenvalue weighted by atomic mass is 10.0. The maximum Gasteiger partial charge on any atom is 0.115 e. The van der Waals surface area contributed by atoms with Crippen LogP contribution in [0.3, 0.4) is 0 Å². The average Bonchev–Trinajstić information content (AvgIpc) is 2.62. The van der Waals surface area contributed by atoms with Crippen molar-refractivity contribution in [2.45, 2.75) is 0 Å². The smallest absolute Gasteiger partial charge is 0.115 e. The highest BCUT2D eigenvalue weighted by atomic mass is 16.3. The summed E-state index contributed by atoms with van der Waals surface area (Å²) in [7, 11) is 0. The number of aromatic hydroxyl groups is 2. The van der Waals surface area contributed by atoms with Crippen LogP contribution in [0.2, 0.25) is 0 Å². The molecule has 124 valence electrons. The maximum absolute atomic E-state index is 9.48. The second-order valence-electron chi connectivity index (χ2n) is 5.45. The largest absolute Gasteiger partial charge is 0.508 e. The van der Waals surface area contributed by atoms with Crippen LogP contribution in [0.1, 0.15) is 16.7 Å². The van der Waals surface area contributed by atoms with Gasteiger partial charge >= 0.3 is 0 Å². The number of hydrogen-bond acceptors (Lipinski definition) is 5. The van der Waals surface area contributed by atoms with Gasteiger partial charge in [0.25, 0.3) is 0 Å². The number of rotatable bonds is 4. The van der Waals surface area contributed by atoms with Crippen molar-refractivity contribution in [1.29, 1.82) is 0 Å². The molecule has 3 rings (SSSR count). The first kappa shape index (κ1) is 16.3. The number of nitrogen functional groups attached to an aromatic ring is 1. The lowest BCUT2D eigenvalue weighted by Gasteiger charge is -2.06. The van der Waals surface area contributed by atoms with Crippen LogP contribution in [-0.4, -0.2) is 22.1 Å². The lowest BCUT2D eigenvalue weighted by molar-refractivity contribution is 0.475. The minimum absolute atomic E-state index is 0.180. The Balaban J connectivity index is 1.96. The number of phenols is 2. The summed E-state index contributed by atoms with van der Waals surface area (Å²) in [5.74, 6) is 0.360. The van der Waals surface area contributed by atoms with Crippen LogP contribution < -0.4 is 5.73 Å². The zero-order valence-corrected chi connectivity index (χ0v) is 13.4. The van der Waals surface area contributed by atoms with Crippen molar-refractivity contribution in [2.75, 3.05) is 5.73 Å². The quantitative estimate of drug-likeness (QED) is 0.388. The third-order valence-electron chi connectivity index (χ3n) is 3.58. The minimum Gasteiger partial charge on any atom is -0.508 e. The molecule has 5 nitrogen and oxygen atoms in total. The predicted octanol–water partition coefficient (Wildman–Crippen LogP) is 3.55. The Hall–Kier alpha value is -3.60. The number of hydrogen-bond donors (Lipinski definition) is 3. The van der Waals surface area contributed by atoms with Crippen LogP contribution in [0.5, 0.6) is 11.5 Å². The van der Waals surface area contributed by atoms with E-state index < -0.39 is 0 Å². The molecule has 0 heterocycles. The van der Waals surface area contributed by atoms with Crippen molar-refractivity contribution < 1.29 is 10.2 Å². The Morgan fingerprint density at radius 2 is 1.20 bits per heavy atom. The van der Waals surface area contributed by atoms with Crippen molar-refractivity contribution in [3.05, 3.63) is 89.5 Å². The molecule has 0 bridgehead atoms. The van der Waals surface area contributed by atoms with Gasteiger partial charge < -0.3 is 15.9 Å². The fourth-order valence-electron chi connectivity index (χ4n) is 2.26. The van der Waals surface area contributed by atoms with Crippen LogP contribution in [0.4, 0.5) is 5.69 Å². The molecule has 0 aliphatic carbocycles. The SMILES string of the molecule is Nc1ccc(/C=N/N=C(c2ccc(O)cc2)c2ccc(O)cc2)cc1. The van der Waals surface area contributed by atoms with Gasteiger partial charge in [0.15, 0.2) is 0 Å². The highest BCUT2D eigenvalue weighted by Gasteiger charge is 2.07. The predicted molar refractivity (Wildman–Crippen MR) is 100 cm³/mol. The van der Waals surface area contributed by atoms with Gasteiger partial charge in [0.1, 0.15) is 17.2 Å². The van der Waals surface area contributed by atoms with Crippen LogP contribution in [0, 0.1) is 0 Å². The first-order chi connectivity index (χ1) is 12.1. The molecular formula is C20H17N3O2. The van der Waals surface area contributed by atoms with E-state index in [0.717, 1.165) is 16.7 Å². The van der Waals surface area contributed by atoms with E-state index >= 15 is 0 Å². The van der Waals surface area contributed by atoms with Gasteiger partial charge in [-0.3, -0.25) is 0 Å². The Morgan fingerprint density at radius 1 is 0.720 bits per heavy atom. The summed E-state index contributed by atoms with van der Waals surface area (Å²) in [6.07, 6.45) is 1.64. The average molecular weight is 331 g/mol. The van der Waals surface area contributed by atoms with E-state index in [2.05, 4.69) is 10.2 Å². The molecular weight excluding hydrogens is 314 g/mol. The zero-order valence-electron chi connectivity index (χ0n) is 13.4. The van der Waals surface area contributed by atoms with Gasteiger partial charge in [-0.2, -0.15) is 5.10 Å². The van der Waals surface area contributed by atoms with Crippen LogP contribution in [0.25, 0.3) is 0 Å². The van der Waals surface area contributed by atoms with Crippen molar-refractivity contribution in [3.8, 4) is 11.5 Å². The summed E-state index contributed by atoms with van der Waals surface area (Å²) >= 11 is 0. The van der Waals surface area contributed by atoms with Crippen LogP contribution in [0.15, 0.2) is 83.0 Å². The van der Waals surface area contributed by atoms with Crippen molar-refractivity contribution >= 4 is 17.6 Å². The highest BCUT2D eigenvalue weighted by molar-refractivity contribution is 6.13. The number of phenolic OH excluding ortho intramolecular Hbond substituents is 2.